The zero-order valence-electron chi connectivity index (χ0n) is 12.2. The largest absolute Gasteiger partial charge is 0.484 e. The first-order chi connectivity index (χ1) is 10.1. The second kappa shape index (κ2) is 7.14. The molecule has 0 unspecified atom stereocenters. The Labute approximate surface area is 130 Å². The summed E-state index contributed by atoms with van der Waals surface area (Å²) in [5.74, 6) is 0.680. The monoisotopic (exact) mass is 303 g/mol. The molecular weight excluding hydrogens is 286 g/mol. The highest BCUT2D eigenvalue weighted by Gasteiger charge is 2.10. The van der Waals surface area contributed by atoms with Gasteiger partial charge >= 0.3 is 0 Å². The number of nitrogens with zero attached hydrogens (tertiary/aromatic N) is 1. The Morgan fingerprint density at radius 2 is 1.81 bits per heavy atom. The summed E-state index contributed by atoms with van der Waals surface area (Å²) in [4.78, 5) is 13.7. The molecule has 0 spiro atoms. The molecule has 4 heteroatoms. The maximum absolute atomic E-state index is 12.1. The van der Waals surface area contributed by atoms with E-state index in [0.29, 0.717) is 11.6 Å². The second-order valence-corrected chi connectivity index (χ2v) is 5.37. The molecule has 0 saturated heterocycles. The SMILES string of the molecule is Cc1ccccc1OCC(=O)N(C)Cc1ccc(Cl)cc1. The number of aryl methyl sites for hydroxylation is 1. The van der Waals surface area contributed by atoms with Crippen LogP contribution in [-0.4, -0.2) is 24.5 Å². The van der Waals surface area contributed by atoms with E-state index in [1.165, 1.54) is 0 Å². The van der Waals surface area contributed by atoms with Crippen molar-refractivity contribution in [3.8, 4) is 5.75 Å². The summed E-state index contributed by atoms with van der Waals surface area (Å²) in [7, 11) is 1.76. The normalized spacial score (nSPS) is 10.2. The van der Waals surface area contributed by atoms with Crippen LogP contribution in [0.1, 0.15) is 11.1 Å². The Morgan fingerprint density at radius 3 is 2.48 bits per heavy atom. The van der Waals surface area contributed by atoms with Crippen molar-refractivity contribution in [2.45, 2.75) is 13.5 Å². The number of hydrogen-bond donors (Lipinski definition) is 0. The van der Waals surface area contributed by atoms with Gasteiger partial charge in [-0.15, -0.1) is 0 Å². The van der Waals surface area contributed by atoms with Crippen LogP contribution in [-0.2, 0) is 11.3 Å². The van der Waals surface area contributed by atoms with Gasteiger partial charge in [0.1, 0.15) is 5.75 Å². The van der Waals surface area contributed by atoms with Gasteiger partial charge in [0.2, 0.25) is 0 Å². The zero-order valence-corrected chi connectivity index (χ0v) is 12.9. The summed E-state index contributed by atoms with van der Waals surface area (Å²) in [6, 6.07) is 15.1. The highest BCUT2D eigenvalue weighted by Crippen LogP contribution is 2.16. The quantitative estimate of drug-likeness (QED) is 0.843. The first-order valence-electron chi connectivity index (χ1n) is 6.73. The number of para-hydroxylation sites is 1. The maximum Gasteiger partial charge on any atom is 0.260 e. The van der Waals surface area contributed by atoms with Crippen molar-refractivity contribution < 1.29 is 9.53 Å². The average Bonchev–Trinajstić information content (AvgIpc) is 2.48. The van der Waals surface area contributed by atoms with Crippen LogP contribution in [0.3, 0.4) is 0 Å². The minimum absolute atomic E-state index is 0.0366. The first-order valence-corrected chi connectivity index (χ1v) is 7.11. The van der Waals surface area contributed by atoms with E-state index in [1.807, 2.05) is 55.5 Å². The van der Waals surface area contributed by atoms with E-state index >= 15 is 0 Å². The number of carbonyl (C=O) groups excluding carboxylic acids is 1. The minimum Gasteiger partial charge on any atom is -0.484 e. The molecule has 2 aromatic carbocycles. The average molecular weight is 304 g/mol. The van der Waals surface area contributed by atoms with Crippen molar-refractivity contribution in [3.63, 3.8) is 0 Å². The van der Waals surface area contributed by atoms with E-state index in [0.717, 1.165) is 16.9 Å². The van der Waals surface area contributed by atoms with Crippen LogP contribution in [0.5, 0.6) is 5.75 Å². The van der Waals surface area contributed by atoms with Crippen LogP contribution in [0.4, 0.5) is 0 Å². The molecule has 0 saturated carbocycles. The summed E-state index contributed by atoms with van der Waals surface area (Å²) >= 11 is 5.84. The molecule has 1 amide bonds. The third kappa shape index (κ3) is 4.50. The van der Waals surface area contributed by atoms with Gasteiger partial charge in [0, 0.05) is 18.6 Å². The first kappa shape index (κ1) is 15.4. The standard InChI is InChI=1S/C17H18ClNO2/c1-13-5-3-4-6-16(13)21-12-17(20)19(2)11-14-7-9-15(18)10-8-14/h3-10H,11-12H2,1-2H3. The third-order valence-corrected chi connectivity index (χ3v) is 3.46. The van der Waals surface area contributed by atoms with Gasteiger partial charge in [-0.3, -0.25) is 4.79 Å². The molecule has 0 aliphatic carbocycles. The highest BCUT2D eigenvalue weighted by molar-refractivity contribution is 6.30. The molecular formula is C17H18ClNO2. The van der Waals surface area contributed by atoms with Gasteiger partial charge in [-0.2, -0.15) is 0 Å². The zero-order chi connectivity index (χ0) is 15.2. The van der Waals surface area contributed by atoms with Crippen LogP contribution in [0.15, 0.2) is 48.5 Å². The van der Waals surface area contributed by atoms with Crippen LogP contribution < -0.4 is 4.74 Å². The molecule has 0 N–H and O–H groups in total. The van der Waals surface area contributed by atoms with Crippen molar-refractivity contribution in [3.05, 3.63) is 64.7 Å². The predicted octanol–water partition coefficient (Wildman–Crippen LogP) is 3.69. The van der Waals surface area contributed by atoms with Gasteiger partial charge < -0.3 is 9.64 Å². The van der Waals surface area contributed by atoms with Gasteiger partial charge in [-0.25, -0.2) is 0 Å². The summed E-state index contributed by atoms with van der Waals surface area (Å²) in [6.45, 7) is 2.53. The summed E-state index contributed by atoms with van der Waals surface area (Å²) in [5.41, 5.74) is 2.05. The molecule has 0 aliphatic rings. The number of likely N-dealkylation sites (N-methyl/N-ethyl adjacent to an activating group) is 1. The van der Waals surface area contributed by atoms with E-state index < -0.39 is 0 Å². The van der Waals surface area contributed by atoms with Crippen molar-refractivity contribution >= 4 is 17.5 Å². The lowest BCUT2D eigenvalue weighted by Crippen LogP contribution is -2.31. The molecule has 0 aromatic heterocycles. The van der Waals surface area contributed by atoms with Crippen molar-refractivity contribution in [1.29, 1.82) is 0 Å². The summed E-state index contributed by atoms with van der Waals surface area (Å²) < 4.78 is 5.56. The Kier molecular flexibility index (Phi) is 5.23. The minimum atomic E-state index is -0.0618. The fourth-order valence-electron chi connectivity index (χ4n) is 1.92. The van der Waals surface area contributed by atoms with E-state index in [1.54, 1.807) is 11.9 Å². The topological polar surface area (TPSA) is 29.5 Å². The van der Waals surface area contributed by atoms with Crippen molar-refractivity contribution in [2.24, 2.45) is 0 Å². The van der Waals surface area contributed by atoms with Gasteiger partial charge in [-0.05, 0) is 36.2 Å². The Morgan fingerprint density at radius 1 is 1.14 bits per heavy atom. The van der Waals surface area contributed by atoms with Crippen molar-refractivity contribution in [2.75, 3.05) is 13.7 Å². The number of benzene rings is 2. The number of rotatable bonds is 5. The van der Waals surface area contributed by atoms with Crippen LogP contribution in [0.25, 0.3) is 0 Å². The van der Waals surface area contributed by atoms with E-state index in [2.05, 4.69) is 0 Å². The van der Waals surface area contributed by atoms with Crippen LogP contribution in [0.2, 0.25) is 5.02 Å². The lowest BCUT2D eigenvalue weighted by atomic mass is 10.2. The van der Waals surface area contributed by atoms with Gasteiger partial charge in [-0.1, -0.05) is 41.9 Å². The molecule has 2 rings (SSSR count). The number of hydrogen-bond acceptors (Lipinski definition) is 2. The summed E-state index contributed by atoms with van der Waals surface area (Å²) in [6.07, 6.45) is 0. The van der Waals surface area contributed by atoms with Gasteiger partial charge in [0.25, 0.3) is 5.91 Å². The molecule has 3 nitrogen and oxygen atoms in total. The molecule has 21 heavy (non-hydrogen) atoms. The fourth-order valence-corrected chi connectivity index (χ4v) is 2.05. The van der Waals surface area contributed by atoms with Crippen molar-refractivity contribution in [1.82, 2.24) is 4.90 Å². The Bertz CT molecular complexity index is 610. The van der Waals surface area contributed by atoms with Crippen LogP contribution in [0, 0.1) is 6.92 Å². The number of amides is 1. The number of halogens is 1. The molecule has 0 radical (unpaired) electrons. The molecule has 0 heterocycles. The fraction of sp³-hybridized carbons (Fsp3) is 0.235. The van der Waals surface area contributed by atoms with Crippen LogP contribution >= 0.6 is 11.6 Å². The Balaban J connectivity index is 1.88. The smallest absolute Gasteiger partial charge is 0.260 e. The molecule has 0 atom stereocenters. The second-order valence-electron chi connectivity index (χ2n) is 4.93. The molecule has 110 valence electrons. The lowest BCUT2D eigenvalue weighted by Gasteiger charge is -2.18. The van der Waals surface area contributed by atoms with E-state index in [-0.39, 0.29) is 12.5 Å². The molecule has 0 fully saturated rings. The molecule has 0 bridgehead atoms. The van der Waals surface area contributed by atoms with E-state index in [4.69, 9.17) is 16.3 Å². The highest BCUT2D eigenvalue weighted by atomic mass is 35.5. The predicted molar refractivity (Wildman–Crippen MR) is 84.6 cm³/mol. The Hall–Kier alpha value is -2.00. The number of carbonyl (C=O) groups is 1. The lowest BCUT2D eigenvalue weighted by molar-refractivity contribution is -0.132. The van der Waals surface area contributed by atoms with E-state index in [9.17, 15) is 4.79 Å². The molecule has 2 aromatic rings. The maximum atomic E-state index is 12.1. The molecule has 0 aliphatic heterocycles. The number of ether oxygens (including phenoxy) is 1. The van der Waals surface area contributed by atoms with Gasteiger partial charge in [0.15, 0.2) is 6.61 Å². The third-order valence-electron chi connectivity index (χ3n) is 3.20. The summed E-state index contributed by atoms with van der Waals surface area (Å²) in [5, 5.41) is 0.690. The van der Waals surface area contributed by atoms with Gasteiger partial charge in [0.05, 0.1) is 0 Å².